The van der Waals surface area contributed by atoms with Gasteiger partial charge in [-0.15, -0.1) is 0 Å². The van der Waals surface area contributed by atoms with E-state index in [0.29, 0.717) is 5.56 Å². The Morgan fingerprint density at radius 2 is 2.00 bits per heavy atom. The molecule has 0 radical (unpaired) electrons. The summed E-state index contributed by atoms with van der Waals surface area (Å²) < 4.78 is 31.5. The fourth-order valence-corrected chi connectivity index (χ4v) is 1.75. The van der Waals surface area contributed by atoms with Gasteiger partial charge in [-0.2, -0.15) is 0 Å². The van der Waals surface area contributed by atoms with E-state index in [1.54, 1.807) is 0 Å². The van der Waals surface area contributed by atoms with E-state index in [2.05, 4.69) is 0 Å². The van der Waals surface area contributed by atoms with Gasteiger partial charge >= 0.3 is 5.69 Å². The molecule has 0 saturated heterocycles. The van der Waals surface area contributed by atoms with Crippen LogP contribution < -0.4 is 4.74 Å². The van der Waals surface area contributed by atoms with Crippen LogP contribution in [0, 0.1) is 21.7 Å². The van der Waals surface area contributed by atoms with Gasteiger partial charge in [0.2, 0.25) is 0 Å². The number of rotatable bonds is 4. The topological polar surface area (TPSA) is 52.4 Å². The largest absolute Gasteiger partial charge is 0.482 e. The van der Waals surface area contributed by atoms with Crippen LogP contribution in [0.4, 0.5) is 14.5 Å². The number of hydrogen-bond donors (Lipinski definition) is 0. The standard InChI is InChI=1S/C13H8ClF2NO3/c14-13-8(2-1-3-10(13)16)7-20-12-6-9(15)4-5-11(12)17(18)19/h1-6H,7H2. The molecule has 7 heteroatoms. The van der Waals surface area contributed by atoms with Gasteiger partial charge in [0.25, 0.3) is 0 Å². The third kappa shape index (κ3) is 3.03. The SMILES string of the molecule is O=[N+]([O-])c1ccc(F)cc1OCc1cccc(F)c1Cl. The van der Waals surface area contributed by atoms with Crippen LogP contribution in [0.2, 0.25) is 5.02 Å². The first-order valence-electron chi connectivity index (χ1n) is 5.48. The second-order valence-electron chi connectivity index (χ2n) is 3.87. The van der Waals surface area contributed by atoms with Crippen LogP contribution in [0.25, 0.3) is 0 Å². The van der Waals surface area contributed by atoms with Gasteiger partial charge in [-0.1, -0.05) is 23.7 Å². The molecule has 20 heavy (non-hydrogen) atoms. The van der Waals surface area contributed by atoms with Crippen molar-refractivity contribution in [1.29, 1.82) is 0 Å². The van der Waals surface area contributed by atoms with Gasteiger partial charge in [0.1, 0.15) is 18.2 Å². The highest BCUT2D eigenvalue weighted by atomic mass is 35.5. The molecule has 0 spiro atoms. The lowest BCUT2D eigenvalue weighted by Crippen LogP contribution is -2.01. The summed E-state index contributed by atoms with van der Waals surface area (Å²) in [6.07, 6.45) is 0. The molecule has 0 bridgehead atoms. The van der Waals surface area contributed by atoms with Gasteiger partial charge in [0.05, 0.1) is 9.95 Å². The molecule has 104 valence electrons. The molecule has 4 nitrogen and oxygen atoms in total. The summed E-state index contributed by atoms with van der Waals surface area (Å²) in [5.41, 5.74) is -0.0656. The van der Waals surface area contributed by atoms with E-state index in [1.165, 1.54) is 18.2 Å². The Hall–Kier alpha value is -2.21. The van der Waals surface area contributed by atoms with E-state index in [1.807, 2.05) is 0 Å². The fraction of sp³-hybridized carbons (Fsp3) is 0.0769. The number of nitrogens with zero attached hydrogens (tertiary/aromatic N) is 1. The van der Waals surface area contributed by atoms with Crippen LogP contribution in [0.15, 0.2) is 36.4 Å². The normalized spacial score (nSPS) is 10.3. The molecule has 0 unspecified atom stereocenters. The van der Waals surface area contributed by atoms with Crippen LogP contribution >= 0.6 is 11.6 Å². The first-order chi connectivity index (χ1) is 9.49. The second-order valence-corrected chi connectivity index (χ2v) is 4.25. The summed E-state index contributed by atoms with van der Waals surface area (Å²) in [5, 5.41) is 10.6. The molecular formula is C13H8ClF2NO3. The van der Waals surface area contributed by atoms with Crippen molar-refractivity contribution in [3.63, 3.8) is 0 Å². The van der Waals surface area contributed by atoms with Crippen molar-refractivity contribution in [2.45, 2.75) is 6.61 Å². The van der Waals surface area contributed by atoms with E-state index < -0.39 is 16.6 Å². The highest BCUT2D eigenvalue weighted by Crippen LogP contribution is 2.29. The van der Waals surface area contributed by atoms with E-state index in [4.69, 9.17) is 16.3 Å². The zero-order valence-electron chi connectivity index (χ0n) is 9.98. The zero-order chi connectivity index (χ0) is 14.7. The second kappa shape index (κ2) is 5.83. The maximum absolute atomic E-state index is 13.2. The third-order valence-corrected chi connectivity index (χ3v) is 2.96. The highest BCUT2D eigenvalue weighted by Gasteiger charge is 2.16. The van der Waals surface area contributed by atoms with E-state index in [0.717, 1.165) is 18.2 Å². The van der Waals surface area contributed by atoms with Gasteiger partial charge in [-0.05, 0) is 12.1 Å². The van der Waals surface area contributed by atoms with Crippen molar-refractivity contribution in [2.75, 3.05) is 0 Å². The van der Waals surface area contributed by atoms with Crippen LogP contribution in [0.1, 0.15) is 5.56 Å². The van der Waals surface area contributed by atoms with Crippen LogP contribution in [-0.2, 0) is 6.61 Å². The summed E-state index contributed by atoms with van der Waals surface area (Å²) in [5.74, 6) is -1.53. The molecule has 2 aromatic rings. The summed E-state index contributed by atoms with van der Waals surface area (Å²) in [6, 6.07) is 6.97. The minimum atomic E-state index is -0.693. The molecule has 0 N–H and O–H groups in total. The van der Waals surface area contributed by atoms with Crippen molar-refractivity contribution in [3.8, 4) is 5.75 Å². The van der Waals surface area contributed by atoms with Crippen molar-refractivity contribution in [3.05, 3.63) is 68.7 Å². The maximum Gasteiger partial charge on any atom is 0.311 e. The molecule has 0 saturated carbocycles. The number of nitro groups is 1. The van der Waals surface area contributed by atoms with E-state index in [9.17, 15) is 18.9 Å². The van der Waals surface area contributed by atoms with Gasteiger partial charge < -0.3 is 4.74 Å². The van der Waals surface area contributed by atoms with E-state index in [-0.39, 0.29) is 23.1 Å². The Balaban J connectivity index is 2.24. The van der Waals surface area contributed by atoms with Gasteiger partial charge in [0, 0.05) is 17.7 Å². The molecule has 0 aliphatic carbocycles. The van der Waals surface area contributed by atoms with Crippen molar-refractivity contribution in [1.82, 2.24) is 0 Å². The van der Waals surface area contributed by atoms with Crippen LogP contribution in [0.5, 0.6) is 5.75 Å². The molecule has 0 heterocycles. The highest BCUT2D eigenvalue weighted by molar-refractivity contribution is 6.31. The Bertz CT molecular complexity index is 664. The number of halogens is 3. The lowest BCUT2D eigenvalue weighted by atomic mass is 10.2. The van der Waals surface area contributed by atoms with Gasteiger partial charge in [-0.3, -0.25) is 10.1 Å². The molecule has 0 aliphatic rings. The first-order valence-corrected chi connectivity index (χ1v) is 5.86. The predicted molar refractivity (Wildman–Crippen MR) is 68.8 cm³/mol. The van der Waals surface area contributed by atoms with Crippen molar-refractivity contribution >= 4 is 17.3 Å². The number of hydrogen-bond acceptors (Lipinski definition) is 3. The third-order valence-electron chi connectivity index (χ3n) is 2.53. The zero-order valence-corrected chi connectivity index (χ0v) is 10.7. The van der Waals surface area contributed by atoms with Crippen molar-refractivity contribution < 1.29 is 18.4 Å². The monoisotopic (exact) mass is 299 g/mol. The molecular weight excluding hydrogens is 292 g/mol. The predicted octanol–water partition coefficient (Wildman–Crippen LogP) is 4.11. The summed E-state index contributed by atoms with van der Waals surface area (Å²) in [7, 11) is 0. The van der Waals surface area contributed by atoms with E-state index >= 15 is 0 Å². The number of benzene rings is 2. The molecule has 2 aromatic carbocycles. The first kappa shape index (κ1) is 14.2. The minimum Gasteiger partial charge on any atom is -0.482 e. The summed E-state index contributed by atoms with van der Waals surface area (Å²) in [4.78, 5) is 10.1. The summed E-state index contributed by atoms with van der Waals surface area (Å²) >= 11 is 5.73. The quantitative estimate of drug-likeness (QED) is 0.630. The molecule has 0 amide bonds. The Morgan fingerprint density at radius 3 is 2.70 bits per heavy atom. The molecule has 0 aromatic heterocycles. The van der Waals surface area contributed by atoms with Crippen LogP contribution in [0.3, 0.4) is 0 Å². The number of nitro benzene ring substituents is 1. The molecule has 2 rings (SSSR count). The lowest BCUT2D eigenvalue weighted by molar-refractivity contribution is -0.386. The molecule has 0 aliphatic heterocycles. The molecule has 0 fully saturated rings. The Labute approximate surface area is 117 Å². The minimum absolute atomic E-state index is 0.133. The van der Waals surface area contributed by atoms with Crippen molar-refractivity contribution in [2.24, 2.45) is 0 Å². The maximum atomic E-state index is 13.2. The molecule has 0 atom stereocenters. The Morgan fingerprint density at radius 1 is 1.25 bits per heavy atom. The van der Waals surface area contributed by atoms with Crippen LogP contribution in [-0.4, -0.2) is 4.92 Å². The van der Waals surface area contributed by atoms with Gasteiger partial charge in [-0.25, -0.2) is 8.78 Å². The van der Waals surface area contributed by atoms with Gasteiger partial charge in [0.15, 0.2) is 5.75 Å². The Kier molecular flexibility index (Phi) is 4.14. The fourth-order valence-electron chi connectivity index (χ4n) is 1.57. The number of ether oxygens (including phenoxy) is 1. The lowest BCUT2D eigenvalue weighted by Gasteiger charge is -2.08. The average Bonchev–Trinajstić information content (AvgIpc) is 2.40. The summed E-state index contributed by atoms with van der Waals surface area (Å²) in [6.45, 7) is -0.207. The smallest absolute Gasteiger partial charge is 0.311 e. The average molecular weight is 300 g/mol.